The van der Waals surface area contributed by atoms with Gasteiger partial charge in [0, 0.05) is 18.8 Å². The van der Waals surface area contributed by atoms with E-state index >= 15 is 0 Å². The summed E-state index contributed by atoms with van der Waals surface area (Å²) in [4.78, 5) is 0. The molecular weight excluding hydrogens is 234 g/mol. The van der Waals surface area contributed by atoms with Gasteiger partial charge in [0.15, 0.2) is 0 Å². The third-order valence-corrected chi connectivity index (χ3v) is 4.12. The Hall–Kier alpha value is -1.02. The van der Waals surface area contributed by atoms with E-state index in [1.807, 2.05) is 6.07 Å². The van der Waals surface area contributed by atoms with Crippen LogP contribution in [0.25, 0.3) is 0 Å². The molecular formula is C17H27NO. The summed E-state index contributed by atoms with van der Waals surface area (Å²) in [6.45, 7) is 4.18. The molecule has 2 nitrogen and oxygen atoms in total. The molecule has 2 rings (SSSR count). The Labute approximate surface area is 117 Å². The minimum Gasteiger partial charge on any atom is -0.385 e. The van der Waals surface area contributed by atoms with Crippen molar-refractivity contribution in [3.8, 4) is 0 Å². The van der Waals surface area contributed by atoms with Crippen LogP contribution in [-0.4, -0.2) is 19.3 Å². The molecule has 1 aromatic carbocycles. The molecule has 0 bridgehead atoms. The molecule has 1 aromatic rings. The van der Waals surface area contributed by atoms with Crippen molar-refractivity contribution in [2.24, 2.45) is 5.92 Å². The highest BCUT2D eigenvalue weighted by molar-refractivity contribution is 5.42. The summed E-state index contributed by atoms with van der Waals surface area (Å²) in [5.74, 6) is 0.802. The van der Waals surface area contributed by atoms with Crippen molar-refractivity contribution in [1.29, 1.82) is 0 Å². The summed E-state index contributed by atoms with van der Waals surface area (Å²) in [5.41, 5.74) is 1.20. The molecule has 0 aromatic heterocycles. The number of benzene rings is 1. The van der Waals surface area contributed by atoms with Crippen LogP contribution in [-0.2, 0) is 4.74 Å². The molecule has 2 unspecified atom stereocenters. The topological polar surface area (TPSA) is 21.3 Å². The molecule has 1 aliphatic rings. The first-order chi connectivity index (χ1) is 9.40. The second-order valence-electron chi connectivity index (χ2n) is 5.51. The van der Waals surface area contributed by atoms with Crippen LogP contribution >= 0.6 is 0 Å². The Bertz CT molecular complexity index is 338. The maximum absolute atomic E-state index is 6.08. The van der Waals surface area contributed by atoms with Crippen LogP contribution in [0.3, 0.4) is 0 Å². The third kappa shape index (κ3) is 4.87. The van der Waals surface area contributed by atoms with Crippen LogP contribution in [0.5, 0.6) is 0 Å². The minimum atomic E-state index is 0.524. The van der Waals surface area contributed by atoms with E-state index in [2.05, 4.69) is 36.5 Å². The van der Waals surface area contributed by atoms with E-state index in [1.54, 1.807) is 0 Å². The van der Waals surface area contributed by atoms with Gasteiger partial charge in [-0.25, -0.2) is 0 Å². The first kappa shape index (κ1) is 14.4. The highest BCUT2D eigenvalue weighted by Crippen LogP contribution is 2.29. The number of para-hydroxylation sites is 1. The van der Waals surface area contributed by atoms with Gasteiger partial charge in [0.2, 0.25) is 0 Å². The summed E-state index contributed by atoms with van der Waals surface area (Å²) in [6, 6.07) is 10.4. The summed E-state index contributed by atoms with van der Waals surface area (Å²) in [7, 11) is 0. The van der Waals surface area contributed by atoms with Crippen molar-refractivity contribution < 1.29 is 4.74 Å². The Morgan fingerprint density at radius 2 is 1.95 bits per heavy atom. The zero-order chi connectivity index (χ0) is 13.3. The summed E-state index contributed by atoms with van der Waals surface area (Å²) in [6.07, 6.45) is 8.26. The Kier molecular flexibility index (Phi) is 6.22. The molecule has 19 heavy (non-hydrogen) atoms. The van der Waals surface area contributed by atoms with Gasteiger partial charge in [0.1, 0.15) is 0 Å². The average Bonchev–Trinajstić information content (AvgIpc) is 2.48. The number of hydrogen-bond donors (Lipinski definition) is 1. The molecule has 0 amide bonds. The first-order valence-corrected chi connectivity index (χ1v) is 7.80. The molecule has 106 valence electrons. The van der Waals surface area contributed by atoms with Gasteiger partial charge in [-0.3, -0.25) is 0 Å². The van der Waals surface area contributed by atoms with Crippen molar-refractivity contribution in [2.75, 3.05) is 18.5 Å². The van der Waals surface area contributed by atoms with Crippen molar-refractivity contribution in [2.45, 2.75) is 51.6 Å². The number of rotatable bonds is 7. The van der Waals surface area contributed by atoms with Crippen LogP contribution in [0.4, 0.5) is 5.69 Å². The van der Waals surface area contributed by atoms with Gasteiger partial charge >= 0.3 is 0 Å². The quantitative estimate of drug-likeness (QED) is 0.731. The van der Waals surface area contributed by atoms with E-state index in [9.17, 15) is 0 Å². The monoisotopic (exact) mass is 261 g/mol. The third-order valence-electron chi connectivity index (χ3n) is 4.12. The number of anilines is 1. The van der Waals surface area contributed by atoms with E-state index < -0.39 is 0 Å². The van der Waals surface area contributed by atoms with E-state index in [1.165, 1.54) is 37.8 Å². The largest absolute Gasteiger partial charge is 0.385 e. The average molecular weight is 261 g/mol. The fourth-order valence-electron chi connectivity index (χ4n) is 2.96. The normalized spacial score (nSPS) is 23.2. The van der Waals surface area contributed by atoms with Crippen molar-refractivity contribution >= 4 is 5.69 Å². The van der Waals surface area contributed by atoms with Crippen LogP contribution in [0, 0.1) is 5.92 Å². The van der Waals surface area contributed by atoms with Gasteiger partial charge in [-0.05, 0) is 37.3 Å². The Morgan fingerprint density at radius 3 is 2.74 bits per heavy atom. The maximum Gasteiger partial charge on any atom is 0.0603 e. The number of ether oxygens (including phenoxy) is 1. The highest BCUT2D eigenvalue weighted by Gasteiger charge is 2.23. The molecule has 0 saturated heterocycles. The predicted octanol–water partition coefficient (Wildman–Crippen LogP) is 4.47. The zero-order valence-electron chi connectivity index (χ0n) is 12.1. The van der Waals surface area contributed by atoms with Crippen molar-refractivity contribution in [1.82, 2.24) is 0 Å². The number of nitrogens with one attached hydrogen (secondary N) is 1. The van der Waals surface area contributed by atoms with E-state index in [0.717, 1.165) is 25.5 Å². The summed E-state index contributed by atoms with van der Waals surface area (Å²) in [5, 5.41) is 3.43. The van der Waals surface area contributed by atoms with Crippen molar-refractivity contribution in [3.05, 3.63) is 30.3 Å². The van der Waals surface area contributed by atoms with E-state index in [4.69, 9.17) is 4.74 Å². The minimum absolute atomic E-state index is 0.524. The lowest BCUT2D eigenvalue weighted by Crippen LogP contribution is -2.28. The molecule has 2 atom stereocenters. The smallest absolute Gasteiger partial charge is 0.0603 e. The van der Waals surface area contributed by atoms with Crippen LogP contribution < -0.4 is 5.32 Å². The van der Waals surface area contributed by atoms with Gasteiger partial charge in [-0.15, -0.1) is 0 Å². The van der Waals surface area contributed by atoms with Crippen LogP contribution in [0.1, 0.15) is 45.4 Å². The first-order valence-electron chi connectivity index (χ1n) is 7.80. The molecule has 1 saturated carbocycles. The van der Waals surface area contributed by atoms with Crippen LogP contribution in [0.2, 0.25) is 0 Å². The fraction of sp³-hybridized carbons (Fsp3) is 0.647. The molecule has 2 heteroatoms. The lowest BCUT2D eigenvalue weighted by molar-refractivity contribution is -0.0119. The summed E-state index contributed by atoms with van der Waals surface area (Å²) < 4.78 is 6.08. The van der Waals surface area contributed by atoms with E-state index in [-0.39, 0.29) is 0 Å². The highest BCUT2D eigenvalue weighted by atomic mass is 16.5. The molecule has 1 N–H and O–H groups in total. The lowest BCUT2D eigenvalue weighted by Gasteiger charge is -2.30. The van der Waals surface area contributed by atoms with Gasteiger partial charge in [-0.2, -0.15) is 0 Å². The standard InChI is InChI=1S/C17H27NO/c1-2-15-9-6-7-12-17(15)19-14-8-13-18-16-10-4-3-5-11-16/h3-5,10-11,15,17-18H,2,6-9,12-14H2,1H3. The van der Waals surface area contributed by atoms with E-state index in [0.29, 0.717) is 6.10 Å². The molecule has 0 radical (unpaired) electrons. The number of hydrogen-bond acceptors (Lipinski definition) is 2. The SMILES string of the molecule is CCC1CCCCC1OCCCNc1ccccc1. The van der Waals surface area contributed by atoms with Crippen LogP contribution in [0.15, 0.2) is 30.3 Å². The lowest BCUT2D eigenvalue weighted by atomic mass is 9.85. The van der Waals surface area contributed by atoms with Gasteiger partial charge in [0.25, 0.3) is 0 Å². The summed E-state index contributed by atoms with van der Waals surface area (Å²) >= 11 is 0. The second kappa shape index (κ2) is 8.21. The molecule has 1 aliphatic carbocycles. The zero-order valence-corrected chi connectivity index (χ0v) is 12.1. The van der Waals surface area contributed by atoms with Crippen molar-refractivity contribution in [3.63, 3.8) is 0 Å². The van der Waals surface area contributed by atoms with Gasteiger partial charge in [-0.1, -0.05) is 44.4 Å². The predicted molar refractivity (Wildman–Crippen MR) is 81.5 cm³/mol. The second-order valence-corrected chi connectivity index (χ2v) is 5.51. The molecule has 0 heterocycles. The molecule has 0 spiro atoms. The molecule has 1 fully saturated rings. The maximum atomic E-state index is 6.08. The van der Waals surface area contributed by atoms with Gasteiger partial charge in [0.05, 0.1) is 6.10 Å². The fourth-order valence-corrected chi connectivity index (χ4v) is 2.96. The Balaban J connectivity index is 1.58. The van der Waals surface area contributed by atoms with Gasteiger partial charge < -0.3 is 10.1 Å². The Morgan fingerprint density at radius 1 is 1.16 bits per heavy atom. The molecule has 0 aliphatic heterocycles.